The van der Waals surface area contributed by atoms with Crippen LogP contribution < -0.4 is 5.32 Å². The predicted octanol–water partition coefficient (Wildman–Crippen LogP) is 2.86. The molecule has 0 aromatic carbocycles. The van der Waals surface area contributed by atoms with Crippen molar-refractivity contribution in [3.63, 3.8) is 0 Å². The Morgan fingerprint density at radius 1 is 1.24 bits per heavy atom. The summed E-state index contributed by atoms with van der Waals surface area (Å²) in [5.74, 6) is 0.388. The number of nitrogens with one attached hydrogen (secondary N) is 1. The summed E-state index contributed by atoms with van der Waals surface area (Å²) in [5.41, 5.74) is 0. The highest BCUT2D eigenvalue weighted by molar-refractivity contribution is 8.69. The molecule has 0 spiro atoms. The molecular formula is C11H25NO3S2. The van der Waals surface area contributed by atoms with Crippen LogP contribution in [0.3, 0.4) is 0 Å². The predicted molar refractivity (Wildman–Crippen MR) is 74.8 cm³/mol. The van der Waals surface area contributed by atoms with Gasteiger partial charge in [0.25, 0.3) is 0 Å². The third-order valence-electron chi connectivity index (χ3n) is 2.57. The molecule has 0 radical (unpaired) electrons. The fourth-order valence-electron chi connectivity index (χ4n) is 1.61. The molecule has 4 nitrogen and oxygen atoms in total. The Morgan fingerprint density at radius 2 is 1.88 bits per heavy atom. The first kappa shape index (κ1) is 17.2. The molecule has 0 aromatic rings. The Morgan fingerprint density at radius 3 is 2.47 bits per heavy atom. The molecule has 0 aromatic heterocycles. The zero-order valence-corrected chi connectivity index (χ0v) is 12.4. The Balaban J connectivity index is 3.32. The van der Waals surface area contributed by atoms with Crippen LogP contribution >= 0.6 is 10.8 Å². The minimum Gasteiger partial charge on any atom is -0.313 e. The van der Waals surface area contributed by atoms with Crippen molar-refractivity contribution in [2.24, 2.45) is 0 Å². The van der Waals surface area contributed by atoms with Gasteiger partial charge in [0.15, 0.2) is 0 Å². The standard InChI is InChI=1S/C11H25NO3S2/c1-3-4-5-6-7-8-11(2)12-9-10-16-17(13,14)15/h11-12H,3-10H2,1-2H3,(H,13,14,15). The zero-order valence-electron chi connectivity index (χ0n) is 10.8. The summed E-state index contributed by atoms with van der Waals surface area (Å²) >= 11 is 0. The van der Waals surface area contributed by atoms with Gasteiger partial charge in [-0.3, -0.25) is 4.55 Å². The average Bonchev–Trinajstić information content (AvgIpc) is 2.23. The molecule has 2 N–H and O–H groups in total. The Bertz CT molecular complexity index is 268. The van der Waals surface area contributed by atoms with Crippen molar-refractivity contribution >= 4 is 19.9 Å². The van der Waals surface area contributed by atoms with Crippen molar-refractivity contribution in [1.82, 2.24) is 5.32 Å². The van der Waals surface area contributed by atoms with Crippen LogP contribution in [0.15, 0.2) is 0 Å². The third-order valence-corrected chi connectivity index (χ3v) is 4.63. The Labute approximate surface area is 109 Å². The fraction of sp³-hybridized carbons (Fsp3) is 1.00. The molecule has 0 rings (SSSR count). The zero-order chi connectivity index (χ0) is 13.1. The van der Waals surface area contributed by atoms with Crippen molar-refractivity contribution in [1.29, 1.82) is 0 Å². The molecule has 0 saturated heterocycles. The highest BCUT2D eigenvalue weighted by atomic mass is 33.1. The molecule has 0 amide bonds. The summed E-state index contributed by atoms with van der Waals surface area (Å²) in [6.45, 7) is 4.93. The van der Waals surface area contributed by atoms with Gasteiger partial charge in [0.1, 0.15) is 0 Å². The average molecular weight is 283 g/mol. The Hall–Kier alpha value is 0.220. The van der Waals surface area contributed by atoms with Gasteiger partial charge >= 0.3 is 9.15 Å². The molecule has 17 heavy (non-hydrogen) atoms. The molecule has 6 heteroatoms. The lowest BCUT2D eigenvalue weighted by atomic mass is 10.1. The number of hydrogen-bond donors (Lipinski definition) is 2. The van der Waals surface area contributed by atoms with E-state index in [4.69, 9.17) is 4.55 Å². The van der Waals surface area contributed by atoms with Crippen molar-refractivity contribution in [3.05, 3.63) is 0 Å². The van der Waals surface area contributed by atoms with E-state index in [1.165, 1.54) is 32.1 Å². The summed E-state index contributed by atoms with van der Waals surface area (Å²) in [6, 6.07) is 0.415. The lowest BCUT2D eigenvalue weighted by molar-refractivity contribution is 0.491. The number of unbranched alkanes of at least 4 members (excludes halogenated alkanes) is 4. The smallest absolute Gasteiger partial charge is 0.313 e. The molecular weight excluding hydrogens is 258 g/mol. The third kappa shape index (κ3) is 14.2. The number of hydrogen-bond acceptors (Lipinski definition) is 4. The highest BCUT2D eigenvalue weighted by Crippen LogP contribution is 2.09. The first-order valence-corrected chi connectivity index (χ1v) is 9.25. The van der Waals surface area contributed by atoms with Crippen LogP contribution in [0.4, 0.5) is 0 Å². The van der Waals surface area contributed by atoms with Crippen LogP contribution in [0.5, 0.6) is 0 Å². The summed E-state index contributed by atoms with van der Waals surface area (Å²) in [4.78, 5) is 0. The lowest BCUT2D eigenvalue weighted by Gasteiger charge is -2.12. The van der Waals surface area contributed by atoms with Gasteiger partial charge in [-0.05, 0) is 24.1 Å². The normalized spacial score (nSPS) is 13.8. The molecule has 0 aliphatic carbocycles. The second-order valence-corrected chi connectivity index (χ2v) is 7.78. The fourth-order valence-corrected chi connectivity index (χ4v) is 2.90. The van der Waals surface area contributed by atoms with E-state index in [0.717, 1.165) is 6.42 Å². The van der Waals surface area contributed by atoms with E-state index >= 15 is 0 Å². The largest absolute Gasteiger partial charge is 0.319 e. The maximum atomic E-state index is 10.4. The van der Waals surface area contributed by atoms with Crippen molar-refractivity contribution < 1.29 is 13.0 Å². The van der Waals surface area contributed by atoms with Crippen LogP contribution in [0.2, 0.25) is 0 Å². The van der Waals surface area contributed by atoms with Gasteiger partial charge < -0.3 is 5.32 Å². The quantitative estimate of drug-likeness (QED) is 0.347. The summed E-state index contributed by atoms with van der Waals surface area (Å²) in [7, 11) is -3.30. The van der Waals surface area contributed by atoms with E-state index in [0.29, 0.717) is 29.1 Å². The van der Waals surface area contributed by atoms with Crippen LogP contribution in [0.1, 0.15) is 52.4 Å². The first-order chi connectivity index (χ1) is 7.95. The Kier molecular flexibility index (Phi) is 10.3. The van der Waals surface area contributed by atoms with Crippen LogP contribution in [0, 0.1) is 0 Å². The van der Waals surface area contributed by atoms with E-state index < -0.39 is 9.15 Å². The van der Waals surface area contributed by atoms with Crippen molar-refractivity contribution in [2.45, 2.75) is 58.4 Å². The molecule has 0 saturated carbocycles. The maximum Gasteiger partial charge on any atom is 0.319 e. The van der Waals surface area contributed by atoms with Gasteiger partial charge in [-0.15, -0.1) is 0 Å². The summed E-state index contributed by atoms with van der Waals surface area (Å²) < 4.78 is 29.4. The van der Waals surface area contributed by atoms with Gasteiger partial charge in [0.2, 0.25) is 0 Å². The van der Waals surface area contributed by atoms with E-state index in [9.17, 15) is 8.42 Å². The molecule has 104 valence electrons. The van der Waals surface area contributed by atoms with Crippen LogP contribution in [-0.4, -0.2) is 31.3 Å². The molecule has 0 fully saturated rings. The van der Waals surface area contributed by atoms with Gasteiger partial charge in [-0.1, -0.05) is 39.0 Å². The lowest BCUT2D eigenvalue weighted by Crippen LogP contribution is -2.28. The minimum atomic E-state index is -3.87. The molecule has 1 unspecified atom stereocenters. The first-order valence-electron chi connectivity index (χ1n) is 6.31. The van der Waals surface area contributed by atoms with Crippen LogP contribution in [-0.2, 0) is 9.15 Å². The maximum absolute atomic E-state index is 10.4. The van der Waals surface area contributed by atoms with E-state index in [2.05, 4.69) is 19.2 Å². The van der Waals surface area contributed by atoms with E-state index in [1.807, 2.05) is 0 Å². The minimum absolute atomic E-state index is 0.388. The van der Waals surface area contributed by atoms with E-state index in [-0.39, 0.29) is 0 Å². The summed E-state index contributed by atoms with van der Waals surface area (Å²) in [5, 5.41) is 3.25. The van der Waals surface area contributed by atoms with Crippen LogP contribution in [0.25, 0.3) is 0 Å². The van der Waals surface area contributed by atoms with E-state index in [1.54, 1.807) is 0 Å². The van der Waals surface area contributed by atoms with Gasteiger partial charge in [-0.2, -0.15) is 8.42 Å². The van der Waals surface area contributed by atoms with Gasteiger partial charge in [0.05, 0.1) is 0 Å². The molecule has 0 bridgehead atoms. The second kappa shape index (κ2) is 10.2. The molecule has 1 atom stereocenters. The van der Waals surface area contributed by atoms with Crippen molar-refractivity contribution in [3.8, 4) is 0 Å². The van der Waals surface area contributed by atoms with Crippen molar-refractivity contribution in [2.75, 3.05) is 12.3 Å². The van der Waals surface area contributed by atoms with Gasteiger partial charge in [0, 0.05) is 18.3 Å². The molecule has 0 aliphatic heterocycles. The monoisotopic (exact) mass is 283 g/mol. The number of rotatable bonds is 11. The highest BCUT2D eigenvalue weighted by Gasteiger charge is 2.05. The van der Waals surface area contributed by atoms with Gasteiger partial charge in [-0.25, -0.2) is 0 Å². The molecule has 0 heterocycles. The topological polar surface area (TPSA) is 66.4 Å². The second-order valence-electron chi connectivity index (χ2n) is 4.31. The molecule has 0 aliphatic rings. The SMILES string of the molecule is CCCCCCCC(C)NCCSS(=O)(=O)O. The summed E-state index contributed by atoms with van der Waals surface area (Å²) in [6.07, 6.45) is 7.51.